The molecule has 1 amide bonds. The second-order valence-electron chi connectivity index (χ2n) is 3.18. The predicted molar refractivity (Wildman–Crippen MR) is 45.9 cm³/mol. The van der Waals surface area contributed by atoms with Crippen molar-refractivity contribution in [2.45, 2.75) is 33.7 Å². The molecular formula is C8H18N2O. The fraction of sp³-hybridized carbons (Fsp3) is 0.875. The van der Waals surface area contributed by atoms with Gasteiger partial charge in [0.2, 0.25) is 5.91 Å². The number of hydrogen-bond donors (Lipinski definition) is 1. The molecule has 0 rings (SSSR count). The summed E-state index contributed by atoms with van der Waals surface area (Å²) in [5.74, 6) is 0.201. The summed E-state index contributed by atoms with van der Waals surface area (Å²) in [5.41, 5.74) is 2.87. The van der Waals surface area contributed by atoms with Crippen LogP contribution in [-0.2, 0) is 4.79 Å². The Kier molecular flexibility index (Phi) is 4.11. The average molecular weight is 158 g/mol. The maximum atomic E-state index is 11.4. The minimum absolute atomic E-state index is 0.0600. The molecule has 0 saturated heterocycles. The SMILES string of the molecule is CNN(C(=O)C(C)C)C(C)C. The van der Waals surface area contributed by atoms with E-state index >= 15 is 0 Å². The van der Waals surface area contributed by atoms with E-state index in [1.54, 1.807) is 12.1 Å². The van der Waals surface area contributed by atoms with Crippen LogP contribution in [0, 0.1) is 5.92 Å². The average Bonchev–Trinajstić information content (AvgIpc) is 1.88. The number of hydrogen-bond acceptors (Lipinski definition) is 2. The standard InChI is InChI=1S/C8H18N2O/c1-6(2)8(11)10(9-5)7(3)4/h6-7,9H,1-5H3. The van der Waals surface area contributed by atoms with E-state index in [-0.39, 0.29) is 17.9 Å². The van der Waals surface area contributed by atoms with Crippen LogP contribution in [0.5, 0.6) is 0 Å². The second kappa shape index (κ2) is 4.34. The highest BCUT2D eigenvalue weighted by atomic mass is 16.2. The molecule has 0 unspecified atom stereocenters. The zero-order valence-corrected chi connectivity index (χ0v) is 8.01. The van der Waals surface area contributed by atoms with Gasteiger partial charge in [0.15, 0.2) is 0 Å². The monoisotopic (exact) mass is 158 g/mol. The summed E-state index contributed by atoms with van der Waals surface area (Å²) in [6, 6.07) is 0.217. The Morgan fingerprint density at radius 2 is 1.73 bits per heavy atom. The summed E-state index contributed by atoms with van der Waals surface area (Å²) in [4.78, 5) is 11.4. The summed E-state index contributed by atoms with van der Waals surface area (Å²) in [5, 5.41) is 1.64. The van der Waals surface area contributed by atoms with Crippen molar-refractivity contribution >= 4 is 5.91 Å². The van der Waals surface area contributed by atoms with Crippen LogP contribution in [-0.4, -0.2) is 24.0 Å². The third kappa shape index (κ3) is 2.89. The molecule has 0 spiro atoms. The van der Waals surface area contributed by atoms with Crippen molar-refractivity contribution in [3.8, 4) is 0 Å². The molecule has 0 aliphatic rings. The molecule has 0 aliphatic heterocycles. The van der Waals surface area contributed by atoms with E-state index in [9.17, 15) is 4.79 Å². The van der Waals surface area contributed by atoms with Gasteiger partial charge in [-0.25, -0.2) is 5.43 Å². The normalized spacial score (nSPS) is 10.8. The highest BCUT2D eigenvalue weighted by Crippen LogP contribution is 2.02. The van der Waals surface area contributed by atoms with Crippen LogP contribution >= 0.6 is 0 Å². The lowest BCUT2D eigenvalue weighted by Gasteiger charge is -2.26. The fourth-order valence-electron chi connectivity index (χ4n) is 0.901. The van der Waals surface area contributed by atoms with Crippen molar-refractivity contribution in [1.82, 2.24) is 10.4 Å². The Hall–Kier alpha value is -0.570. The lowest BCUT2D eigenvalue weighted by Crippen LogP contribution is -2.47. The first kappa shape index (κ1) is 10.4. The first-order chi connectivity index (χ1) is 5.00. The van der Waals surface area contributed by atoms with E-state index in [0.717, 1.165) is 0 Å². The number of rotatable bonds is 3. The van der Waals surface area contributed by atoms with Crippen LogP contribution in [0.1, 0.15) is 27.7 Å². The van der Waals surface area contributed by atoms with Crippen molar-refractivity contribution in [3.05, 3.63) is 0 Å². The number of carbonyl (C=O) groups excluding carboxylic acids is 1. The molecule has 0 aromatic rings. The Labute approximate surface area is 68.7 Å². The summed E-state index contributed by atoms with van der Waals surface area (Å²) in [6.07, 6.45) is 0. The zero-order valence-electron chi connectivity index (χ0n) is 8.01. The van der Waals surface area contributed by atoms with Crippen LogP contribution in [0.25, 0.3) is 0 Å². The van der Waals surface area contributed by atoms with E-state index < -0.39 is 0 Å². The maximum absolute atomic E-state index is 11.4. The molecule has 3 heteroatoms. The lowest BCUT2D eigenvalue weighted by atomic mass is 10.2. The van der Waals surface area contributed by atoms with Gasteiger partial charge in [0.1, 0.15) is 0 Å². The summed E-state index contributed by atoms with van der Waals surface area (Å²) in [7, 11) is 1.76. The van der Waals surface area contributed by atoms with Crippen molar-refractivity contribution in [3.63, 3.8) is 0 Å². The first-order valence-electron chi connectivity index (χ1n) is 4.01. The third-order valence-electron chi connectivity index (χ3n) is 1.49. The van der Waals surface area contributed by atoms with Crippen molar-refractivity contribution in [2.24, 2.45) is 5.92 Å². The van der Waals surface area contributed by atoms with E-state index in [1.807, 2.05) is 27.7 Å². The van der Waals surface area contributed by atoms with Gasteiger partial charge < -0.3 is 0 Å². The Bertz CT molecular complexity index is 132. The Morgan fingerprint density at radius 3 is 1.82 bits per heavy atom. The number of nitrogens with zero attached hydrogens (tertiary/aromatic N) is 1. The van der Waals surface area contributed by atoms with Gasteiger partial charge >= 0.3 is 0 Å². The molecule has 3 nitrogen and oxygen atoms in total. The highest BCUT2D eigenvalue weighted by Gasteiger charge is 2.17. The minimum atomic E-state index is 0.0600. The Morgan fingerprint density at radius 1 is 1.27 bits per heavy atom. The van der Waals surface area contributed by atoms with Crippen LogP contribution in [0.3, 0.4) is 0 Å². The van der Waals surface area contributed by atoms with E-state index in [0.29, 0.717) is 0 Å². The van der Waals surface area contributed by atoms with Gasteiger partial charge in [-0.1, -0.05) is 13.8 Å². The predicted octanol–water partition coefficient (Wildman–Crippen LogP) is 1.01. The number of nitrogens with one attached hydrogen (secondary N) is 1. The molecule has 0 saturated carbocycles. The Balaban J connectivity index is 4.15. The van der Waals surface area contributed by atoms with Gasteiger partial charge in [0.25, 0.3) is 0 Å². The molecule has 0 aromatic heterocycles. The molecule has 66 valence electrons. The van der Waals surface area contributed by atoms with E-state index in [4.69, 9.17) is 0 Å². The third-order valence-corrected chi connectivity index (χ3v) is 1.49. The van der Waals surface area contributed by atoms with Crippen molar-refractivity contribution in [1.29, 1.82) is 0 Å². The van der Waals surface area contributed by atoms with Crippen LogP contribution in [0.2, 0.25) is 0 Å². The van der Waals surface area contributed by atoms with Crippen LogP contribution in [0.4, 0.5) is 0 Å². The van der Waals surface area contributed by atoms with Crippen molar-refractivity contribution < 1.29 is 4.79 Å². The highest BCUT2D eigenvalue weighted by molar-refractivity contribution is 5.77. The molecular weight excluding hydrogens is 140 g/mol. The molecule has 0 aromatic carbocycles. The van der Waals surface area contributed by atoms with Gasteiger partial charge in [-0.15, -0.1) is 0 Å². The van der Waals surface area contributed by atoms with Gasteiger partial charge in [-0.3, -0.25) is 9.80 Å². The maximum Gasteiger partial charge on any atom is 0.239 e. The number of carbonyl (C=O) groups is 1. The minimum Gasteiger partial charge on any atom is -0.276 e. The number of hydrazine groups is 1. The lowest BCUT2D eigenvalue weighted by molar-refractivity contribution is -0.139. The zero-order chi connectivity index (χ0) is 9.02. The fourth-order valence-corrected chi connectivity index (χ4v) is 0.901. The molecule has 11 heavy (non-hydrogen) atoms. The molecule has 1 N–H and O–H groups in total. The van der Waals surface area contributed by atoms with Crippen molar-refractivity contribution in [2.75, 3.05) is 7.05 Å². The van der Waals surface area contributed by atoms with Crippen LogP contribution < -0.4 is 5.43 Å². The van der Waals surface area contributed by atoms with Gasteiger partial charge in [-0.2, -0.15) is 0 Å². The van der Waals surface area contributed by atoms with E-state index in [1.165, 1.54) is 0 Å². The summed E-state index contributed by atoms with van der Waals surface area (Å²) in [6.45, 7) is 7.76. The van der Waals surface area contributed by atoms with Crippen LogP contribution in [0.15, 0.2) is 0 Å². The molecule has 0 aliphatic carbocycles. The largest absolute Gasteiger partial charge is 0.276 e. The second-order valence-corrected chi connectivity index (χ2v) is 3.18. The molecule has 0 bridgehead atoms. The first-order valence-corrected chi connectivity index (χ1v) is 4.01. The van der Waals surface area contributed by atoms with E-state index in [2.05, 4.69) is 5.43 Å². The topological polar surface area (TPSA) is 32.3 Å². The molecule has 0 atom stereocenters. The quantitative estimate of drug-likeness (QED) is 0.622. The smallest absolute Gasteiger partial charge is 0.239 e. The molecule has 0 fully saturated rings. The molecule has 0 radical (unpaired) electrons. The van der Waals surface area contributed by atoms with Gasteiger partial charge in [-0.05, 0) is 13.8 Å². The molecule has 0 heterocycles. The number of amides is 1. The van der Waals surface area contributed by atoms with Gasteiger partial charge in [0.05, 0.1) is 0 Å². The van der Waals surface area contributed by atoms with Gasteiger partial charge in [0, 0.05) is 19.0 Å². The summed E-state index contributed by atoms with van der Waals surface area (Å²) >= 11 is 0. The summed E-state index contributed by atoms with van der Waals surface area (Å²) < 4.78 is 0.